The fourth-order valence-electron chi connectivity index (χ4n) is 1.38. The van der Waals surface area contributed by atoms with Crippen molar-refractivity contribution in [2.75, 3.05) is 19.6 Å². The van der Waals surface area contributed by atoms with E-state index in [1.807, 2.05) is 0 Å². The van der Waals surface area contributed by atoms with Crippen molar-refractivity contribution in [1.82, 2.24) is 10.2 Å². The zero-order chi connectivity index (χ0) is 10.1. The molecule has 4 nitrogen and oxygen atoms in total. The van der Waals surface area contributed by atoms with Crippen molar-refractivity contribution in [3.8, 4) is 0 Å². The van der Waals surface area contributed by atoms with Crippen molar-refractivity contribution >= 4 is 6.09 Å². The Balaban J connectivity index is 2.16. The molecule has 6 heteroatoms. The predicted molar refractivity (Wildman–Crippen MR) is 42.0 cm³/mol. The number of amides is 1. The molecule has 1 heterocycles. The van der Waals surface area contributed by atoms with Gasteiger partial charge in [0.2, 0.25) is 0 Å². The molecule has 0 spiro atoms. The van der Waals surface area contributed by atoms with Crippen LogP contribution < -0.4 is 5.32 Å². The van der Waals surface area contributed by atoms with Crippen LogP contribution in [0, 0.1) is 0 Å². The first kappa shape index (κ1) is 10.2. The van der Waals surface area contributed by atoms with E-state index >= 15 is 0 Å². The average Bonchev–Trinajstić information content (AvgIpc) is 1.79. The van der Waals surface area contributed by atoms with Crippen molar-refractivity contribution < 1.29 is 18.7 Å². The van der Waals surface area contributed by atoms with Gasteiger partial charge in [-0.1, -0.05) is 0 Å². The highest BCUT2D eigenvalue weighted by molar-refractivity contribution is 5.64. The number of nitrogens with one attached hydrogen (secondary N) is 1. The molecule has 0 unspecified atom stereocenters. The van der Waals surface area contributed by atoms with Crippen LogP contribution in [0.1, 0.15) is 6.92 Å². The van der Waals surface area contributed by atoms with Crippen molar-refractivity contribution in [3.05, 3.63) is 0 Å². The topological polar surface area (TPSA) is 52.6 Å². The molecule has 0 aromatic carbocycles. The van der Waals surface area contributed by atoms with Gasteiger partial charge < -0.3 is 10.4 Å². The molecule has 1 rings (SSSR count). The first-order chi connectivity index (χ1) is 5.89. The highest BCUT2D eigenvalue weighted by atomic mass is 19.3. The molecule has 1 saturated heterocycles. The molecule has 1 fully saturated rings. The van der Waals surface area contributed by atoms with Crippen LogP contribution >= 0.6 is 0 Å². The molecule has 0 aromatic rings. The normalized spacial score (nSPS) is 23.3. The third-order valence-corrected chi connectivity index (χ3v) is 1.81. The monoisotopic (exact) mass is 194 g/mol. The molecule has 1 atom stereocenters. The van der Waals surface area contributed by atoms with E-state index < -0.39 is 12.0 Å². The smallest absolute Gasteiger partial charge is 0.404 e. The van der Waals surface area contributed by atoms with Gasteiger partial charge >= 0.3 is 6.09 Å². The fourth-order valence-corrected chi connectivity index (χ4v) is 1.38. The van der Waals surface area contributed by atoms with E-state index in [2.05, 4.69) is 5.32 Å². The van der Waals surface area contributed by atoms with Gasteiger partial charge in [0, 0.05) is 12.6 Å². The van der Waals surface area contributed by atoms with Crippen LogP contribution in [0.2, 0.25) is 0 Å². The third kappa shape index (κ3) is 3.14. The van der Waals surface area contributed by atoms with Gasteiger partial charge in [0.15, 0.2) is 0 Å². The van der Waals surface area contributed by atoms with E-state index in [1.54, 1.807) is 6.92 Å². The lowest BCUT2D eigenvalue weighted by Crippen LogP contribution is -2.59. The summed E-state index contributed by atoms with van der Waals surface area (Å²) >= 11 is 0. The van der Waals surface area contributed by atoms with Gasteiger partial charge in [0.25, 0.3) is 5.92 Å². The highest BCUT2D eigenvalue weighted by Gasteiger charge is 2.43. The Morgan fingerprint density at radius 1 is 1.69 bits per heavy atom. The molecule has 76 valence electrons. The largest absolute Gasteiger partial charge is 0.465 e. The zero-order valence-corrected chi connectivity index (χ0v) is 7.26. The number of hydrogen-bond donors (Lipinski definition) is 2. The lowest BCUT2D eigenvalue weighted by atomic mass is 10.1. The van der Waals surface area contributed by atoms with Crippen LogP contribution in [0.4, 0.5) is 13.6 Å². The van der Waals surface area contributed by atoms with E-state index in [4.69, 9.17) is 5.11 Å². The number of rotatable bonds is 3. The molecule has 1 aliphatic heterocycles. The molecule has 0 saturated carbocycles. The number of hydrogen-bond acceptors (Lipinski definition) is 2. The van der Waals surface area contributed by atoms with E-state index in [1.165, 1.54) is 4.90 Å². The van der Waals surface area contributed by atoms with Gasteiger partial charge in [-0.05, 0) is 6.92 Å². The molecule has 0 radical (unpaired) electrons. The van der Waals surface area contributed by atoms with Gasteiger partial charge in [-0.15, -0.1) is 0 Å². The number of alkyl halides is 2. The van der Waals surface area contributed by atoms with E-state index in [0.29, 0.717) is 6.54 Å². The van der Waals surface area contributed by atoms with Crippen molar-refractivity contribution in [3.63, 3.8) is 0 Å². The number of carbonyl (C=O) groups is 1. The Labute approximate surface area is 74.5 Å². The number of nitrogens with zero attached hydrogens (tertiary/aromatic N) is 1. The van der Waals surface area contributed by atoms with Crippen molar-refractivity contribution in [1.29, 1.82) is 0 Å². The summed E-state index contributed by atoms with van der Waals surface area (Å²) < 4.78 is 24.6. The summed E-state index contributed by atoms with van der Waals surface area (Å²) in [7, 11) is 0. The zero-order valence-electron chi connectivity index (χ0n) is 7.26. The Morgan fingerprint density at radius 2 is 2.23 bits per heavy atom. The Bertz CT molecular complexity index is 203. The Kier molecular flexibility index (Phi) is 2.70. The summed E-state index contributed by atoms with van der Waals surface area (Å²) in [4.78, 5) is 11.7. The van der Waals surface area contributed by atoms with Crippen molar-refractivity contribution in [2.24, 2.45) is 0 Å². The minimum Gasteiger partial charge on any atom is -0.465 e. The summed E-state index contributed by atoms with van der Waals surface area (Å²) in [5.74, 6) is -2.58. The van der Waals surface area contributed by atoms with Crippen LogP contribution in [0.15, 0.2) is 0 Å². The summed E-state index contributed by atoms with van der Waals surface area (Å²) in [6.07, 6.45) is -1.13. The van der Waals surface area contributed by atoms with Crippen LogP contribution in [-0.4, -0.2) is 47.7 Å². The average molecular weight is 194 g/mol. The summed E-state index contributed by atoms with van der Waals surface area (Å²) in [5, 5.41) is 10.5. The second-order valence-corrected chi connectivity index (χ2v) is 3.38. The number of likely N-dealkylation sites (tertiary alicyclic amines) is 1. The Morgan fingerprint density at radius 3 is 2.62 bits per heavy atom. The lowest BCUT2D eigenvalue weighted by molar-refractivity contribution is -0.131. The fraction of sp³-hybridized carbons (Fsp3) is 0.857. The minimum absolute atomic E-state index is 0.265. The number of halogens is 2. The van der Waals surface area contributed by atoms with Gasteiger partial charge in [0.05, 0.1) is 13.1 Å². The standard InChI is InChI=1S/C7H12F2N2O2/c1-5(10-6(12)13)2-11-3-7(8,9)4-11/h5,10H,2-4H2,1H3,(H,12,13)/t5-/m1/s1. The summed E-state index contributed by atoms with van der Waals surface area (Å²) in [5.41, 5.74) is 0. The maximum Gasteiger partial charge on any atom is 0.404 e. The molecular formula is C7H12F2N2O2. The van der Waals surface area contributed by atoms with Gasteiger partial charge in [0.1, 0.15) is 0 Å². The lowest BCUT2D eigenvalue weighted by Gasteiger charge is -2.39. The second-order valence-electron chi connectivity index (χ2n) is 3.38. The SMILES string of the molecule is C[C@H](CN1CC(F)(F)C1)NC(=O)O. The molecule has 1 aliphatic rings. The maximum atomic E-state index is 12.3. The summed E-state index contributed by atoms with van der Waals surface area (Å²) in [6.45, 7) is 1.45. The first-order valence-electron chi connectivity index (χ1n) is 3.99. The van der Waals surface area contributed by atoms with Crippen LogP contribution in [0.25, 0.3) is 0 Å². The van der Waals surface area contributed by atoms with Gasteiger partial charge in [-0.25, -0.2) is 13.6 Å². The molecule has 0 aromatic heterocycles. The van der Waals surface area contributed by atoms with Crippen LogP contribution in [-0.2, 0) is 0 Å². The van der Waals surface area contributed by atoms with E-state index in [0.717, 1.165) is 0 Å². The highest BCUT2D eigenvalue weighted by Crippen LogP contribution is 2.26. The molecule has 0 aliphatic carbocycles. The first-order valence-corrected chi connectivity index (χ1v) is 3.99. The van der Waals surface area contributed by atoms with Gasteiger partial charge in [-0.3, -0.25) is 4.90 Å². The quantitative estimate of drug-likeness (QED) is 0.691. The molecule has 13 heavy (non-hydrogen) atoms. The van der Waals surface area contributed by atoms with Crippen LogP contribution in [0.5, 0.6) is 0 Å². The minimum atomic E-state index is -2.58. The van der Waals surface area contributed by atoms with E-state index in [-0.39, 0.29) is 19.1 Å². The third-order valence-electron chi connectivity index (χ3n) is 1.81. The molecule has 2 N–H and O–H groups in total. The molecule has 1 amide bonds. The molecule has 0 bridgehead atoms. The van der Waals surface area contributed by atoms with Crippen LogP contribution in [0.3, 0.4) is 0 Å². The number of carboxylic acid groups (broad SMARTS) is 1. The second kappa shape index (κ2) is 3.45. The van der Waals surface area contributed by atoms with E-state index in [9.17, 15) is 13.6 Å². The maximum absolute atomic E-state index is 12.3. The summed E-state index contributed by atoms with van der Waals surface area (Å²) in [6, 6.07) is -0.311. The van der Waals surface area contributed by atoms with Crippen molar-refractivity contribution in [2.45, 2.75) is 18.9 Å². The molecular weight excluding hydrogens is 182 g/mol. The van der Waals surface area contributed by atoms with Gasteiger partial charge in [-0.2, -0.15) is 0 Å². The Hall–Kier alpha value is -0.910. The predicted octanol–water partition coefficient (Wildman–Crippen LogP) is 0.593.